The van der Waals surface area contributed by atoms with Gasteiger partial charge in [0, 0.05) is 0 Å². The maximum atomic E-state index is 2.43. The van der Waals surface area contributed by atoms with Gasteiger partial charge in [-0.2, -0.15) is 0 Å². The van der Waals surface area contributed by atoms with Crippen LogP contribution in [0.2, 0.25) is 0 Å². The van der Waals surface area contributed by atoms with Gasteiger partial charge < -0.3 is 0 Å². The molecular formula is C42H89P. The second kappa shape index (κ2) is 36.9. The summed E-state index contributed by atoms with van der Waals surface area (Å²) in [5.41, 5.74) is 0. The fourth-order valence-corrected chi connectivity index (χ4v) is 13.3. The van der Waals surface area contributed by atoms with Crippen molar-refractivity contribution in [2.24, 2.45) is 0 Å². The molecule has 0 radical (unpaired) electrons. The van der Waals surface area contributed by atoms with E-state index in [0.29, 0.717) is 0 Å². The zero-order valence-electron chi connectivity index (χ0n) is 31.4. The van der Waals surface area contributed by atoms with Crippen molar-refractivity contribution < 1.29 is 0 Å². The van der Waals surface area contributed by atoms with Crippen LogP contribution < -0.4 is 0 Å². The van der Waals surface area contributed by atoms with E-state index in [1.807, 2.05) is 0 Å². The first-order valence-electron chi connectivity index (χ1n) is 21.2. The van der Waals surface area contributed by atoms with E-state index in [0.717, 1.165) is 0 Å². The van der Waals surface area contributed by atoms with Gasteiger partial charge in [-0.15, -0.1) is 0 Å². The van der Waals surface area contributed by atoms with Crippen LogP contribution in [0.4, 0.5) is 0 Å². The van der Waals surface area contributed by atoms with Crippen LogP contribution in [-0.4, -0.2) is 24.6 Å². The Balaban J connectivity index is 3.95. The van der Waals surface area contributed by atoms with Gasteiger partial charge in [-0.05, 0) is 0 Å². The van der Waals surface area contributed by atoms with Crippen molar-refractivity contribution in [3.05, 3.63) is 0 Å². The van der Waals surface area contributed by atoms with Crippen LogP contribution in [0, 0.1) is 0 Å². The summed E-state index contributed by atoms with van der Waals surface area (Å²) >= 11 is 0. The molecule has 0 rings (SSSR count). The molecule has 1 heteroatoms. The first-order chi connectivity index (χ1) is 21.2. The predicted molar refractivity (Wildman–Crippen MR) is 207 cm³/mol. The van der Waals surface area contributed by atoms with Gasteiger partial charge in [0.05, 0.1) is 0 Å². The van der Waals surface area contributed by atoms with Crippen molar-refractivity contribution in [2.75, 3.05) is 24.6 Å². The van der Waals surface area contributed by atoms with E-state index in [1.54, 1.807) is 37.5 Å². The molecule has 0 amide bonds. The number of rotatable bonds is 38. The van der Waals surface area contributed by atoms with E-state index in [-0.39, 0.29) is 0 Å². The summed E-state index contributed by atoms with van der Waals surface area (Å²) in [4.78, 5) is 0. The quantitative estimate of drug-likeness (QED) is 0.0473. The number of hydrogen-bond acceptors (Lipinski definition) is 0. The van der Waals surface area contributed by atoms with E-state index in [9.17, 15) is 0 Å². The van der Waals surface area contributed by atoms with Gasteiger partial charge in [0.25, 0.3) is 0 Å². The minimum Gasteiger partial charge on any atom is -0.0654 e. The Morgan fingerprint density at radius 2 is 0.349 bits per heavy atom. The SMILES string of the molecule is CCCCCCCCCCCCCCCCC[PH](CCCC)(CCCC)CCCCCCCCCCCCCCCCC. The van der Waals surface area contributed by atoms with Crippen molar-refractivity contribution in [3.8, 4) is 0 Å². The van der Waals surface area contributed by atoms with Crippen molar-refractivity contribution in [1.29, 1.82) is 0 Å². The van der Waals surface area contributed by atoms with E-state index < -0.39 is 7.26 Å². The van der Waals surface area contributed by atoms with Gasteiger partial charge in [0.15, 0.2) is 0 Å². The third-order valence-electron chi connectivity index (χ3n) is 10.7. The Morgan fingerprint density at radius 1 is 0.186 bits per heavy atom. The zero-order chi connectivity index (χ0) is 31.4. The molecule has 0 aromatic rings. The second-order valence-corrected chi connectivity index (χ2v) is 20.1. The molecule has 0 unspecified atom stereocenters. The molecule has 0 N–H and O–H groups in total. The first kappa shape index (κ1) is 43.4. The number of hydrogen-bond donors (Lipinski definition) is 0. The molecule has 262 valence electrons. The van der Waals surface area contributed by atoms with E-state index in [4.69, 9.17) is 0 Å². The Labute approximate surface area is 277 Å². The molecule has 0 aliphatic carbocycles. The minimum absolute atomic E-state index is 1.05. The summed E-state index contributed by atoms with van der Waals surface area (Å²) in [6.45, 7) is 9.50. The maximum absolute atomic E-state index is 2.43. The fraction of sp³-hybridized carbons (Fsp3) is 1.00. The van der Waals surface area contributed by atoms with Crippen LogP contribution in [0.25, 0.3) is 0 Å². The average Bonchev–Trinajstić information content (AvgIpc) is 3.02. The molecule has 0 heterocycles. The number of unbranched alkanes of at least 4 members (excludes halogenated alkanes) is 30. The molecule has 0 atom stereocenters. The van der Waals surface area contributed by atoms with Crippen LogP contribution >= 0.6 is 7.26 Å². The molecule has 0 aromatic heterocycles. The van der Waals surface area contributed by atoms with Gasteiger partial charge in [-0.1, -0.05) is 65.2 Å². The Hall–Kier alpha value is 0.430. The molecular weight excluding hydrogens is 535 g/mol. The normalized spacial score (nSPS) is 12.4. The Morgan fingerprint density at radius 3 is 0.558 bits per heavy atom. The molecule has 0 aliphatic heterocycles. The van der Waals surface area contributed by atoms with Gasteiger partial charge in [0.1, 0.15) is 0 Å². The van der Waals surface area contributed by atoms with Crippen LogP contribution in [-0.2, 0) is 0 Å². The average molecular weight is 625 g/mol. The molecule has 0 aliphatic rings. The second-order valence-electron chi connectivity index (χ2n) is 15.1. The minimum atomic E-state index is -1.05. The fourth-order valence-electron chi connectivity index (χ4n) is 7.60. The van der Waals surface area contributed by atoms with Gasteiger partial charge >= 0.3 is 213 Å². The Bertz CT molecular complexity index is 441. The Kier molecular flexibility index (Phi) is 37.3. The molecule has 0 spiro atoms. The van der Waals surface area contributed by atoms with Crippen LogP contribution in [0.1, 0.15) is 246 Å². The first-order valence-corrected chi connectivity index (χ1v) is 24.1. The third-order valence-corrected chi connectivity index (χ3v) is 16.4. The monoisotopic (exact) mass is 625 g/mol. The summed E-state index contributed by atoms with van der Waals surface area (Å²) in [5.74, 6) is 0. The van der Waals surface area contributed by atoms with Crippen LogP contribution in [0.5, 0.6) is 0 Å². The van der Waals surface area contributed by atoms with Crippen LogP contribution in [0.3, 0.4) is 0 Å². The van der Waals surface area contributed by atoms with Crippen molar-refractivity contribution in [3.63, 3.8) is 0 Å². The summed E-state index contributed by atoms with van der Waals surface area (Å²) in [7, 11) is -1.05. The molecule has 0 bridgehead atoms. The van der Waals surface area contributed by atoms with E-state index in [1.165, 1.54) is 205 Å². The van der Waals surface area contributed by atoms with Crippen LogP contribution in [0.15, 0.2) is 0 Å². The van der Waals surface area contributed by atoms with Gasteiger partial charge in [0.2, 0.25) is 0 Å². The summed E-state index contributed by atoms with van der Waals surface area (Å²) in [6.07, 6.45) is 57.2. The molecule has 0 nitrogen and oxygen atoms in total. The topological polar surface area (TPSA) is 0 Å². The van der Waals surface area contributed by atoms with Crippen molar-refractivity contribution in [2.45, 2.75) is 246 Å². The van der Waals surface area contributed by atoms with Crippen molar-refractivity contribution >= 4 is 7.26 Å². The van der Waals surface area contributed by atoms with Crippen molar-refractivity contribution in [1.82, 2.24) is 0 Å². The third kappa shape index (κ3) is 32.2. The molecule has 0 aromatic carbocycles. The summed E-state index contributed by atoms with van der Waals surface area (Å²) in [5, 5.41) is 0. The van der Waals surface area contributed by atoms with Gasteiger partial charge in [-0.3, -0.25) is 0 Å². The smallest absolute Gasteiger partial charge is 0.0654 e. The van der Waals surface area contributed by atoms with E-state index in [2.05, 4.69) is 27.7 Å². The standard InChI is InChI=1S/C42H89P/c1-5-9-13-15-17-19-21-23-25-27-29-31-33-35-37-41-43(39-11-7-3,40-12-8-4)42-38-36-34-32-30-28-26-24-22-20-18-16-14-10-6-2/h43H,5-42H2,1-4H3. The summed E-state index contributed by atoms with van der Waals surface area (Å²) in [6, 6.07) is 0. The summed E-state index contributed by atoms with van der Waals surface area (Å²) < 4.78 is 0. The molecule has 0 saturated carbocycles. The molecule has 0 saturated heterocycles. The van der Waals surface area contributed by atoms with E-state index >= 15 is 0 Å². The predicted octanol–water partition coefficient (Wildman–Crippen LogP) is 16.1. The molecule has 0 fully saturated rings. The van der Waals surface area contributed by atoms with Gasteiger partial charge in [-0.25, -0.2) is 0 Å². The molecule has 43 heavy (non-hydrogen) atoms. The zero-order valence-corrected chi connectivity index (χ0v) is 32.4.